The van der Waals surface area contributed by atoms with Gasteiger partial charge in [-0.05, 0) is 24.5 Å². The Kier molecular flexibility index (Phi) is 14.2. The Morgan fingerprint density at radius 1 is 0.745 bits per heavy atom. The minimum atomic E-state index is -4.92. The second-order valence-corrected chi connectivity index (χ2v) is 11.4. The number of fused-ring (bicyclic) bond motifs is 1. The highest BCUT2D eigenvalue weighted by Gasteiger charge is 2.35. The molecule has 0 aliphatic carbocycles. The summed E-state index contributed by atoms with van der Waals surface area (Å²) in [7, 11) is 0. The van der Waals surface area contributed by atoms with E-state index < -0.39 is 132 Å². The molecule has 51 heavy (non-hydrogen) atoms. The van der Waals surface area contributed by atoms with E-state index in [0.29, 0.717) is 0 Å². The summed E-state index contributed by atoms with van der Waals surface area (Å²) in [6.07, 6.45) is -8.08. The first-order valence-electron chi connectivity index (χ1n) is 14.9. The van der Waals surface area contributed by atoms with E-state index in [0.717, 1.165) is 25.1 Å². The van der Waals surface area contributed by atoms with Gasteiger partial charge in [-0.15, -0.1) is 0 Å². The summed E-state index contributed by atoms with van der Waals surface area (Å²) < 4.78 is 45.0. The average Bonchev–Trinajstić information content (AvgIpc) is 2.98. The van der Waals surface area contributed by atoms with Crippen LogP contribution in [0.3, 0.4) is 0 Å². The van der Waals surface area contributed by atoms with E-state index >= 15 is 0 Å². The van der Waals surface area contributed by atoms with E-state index in [2.05, 4.69) is 26.6 Å². The van der Waals surface area contributed by atoms with Gasteiger partial charge in [-0.2, -0.15) is 13.2 Å². The van der Waals surface area contributed by atoms with Crippen molar-refractivity contribution in [2.75, 3.05) is 5.32 Å². The van der Waals surface area contributed by atoms with Crippen LogP contribution in [0, 0.1) is 5.92 Å². The number of carbonyl (C=O) groups excluding carboxylic acids is 5. The van der Waals surface area contributed by atoms with Gasteiger partial charge in [-0.3, -0.25) is 38.4 Å². The number of carbonyl (C=O) groups is 8. The molecule has 0 unspecified atom stereocenters. The molecule has 0 aliphatic heterocycles. The molecule has 0 spiro atoms. The third kappa shape index (κ3) is 12.7. The number of hydrogen-bond acceptors (Lipinski definition) is 10. The van der Waals surface area contributed by atoms with E-state index in [1.807, 2.05) is 0 Å². The van der Waals surface area contributed by atoms with Crippen LogP contribution in [0.4, 0.5) is 18.9 Å². The number of halogens is 3. The number of hydrogen-bond donors (Lipinski definition) is 8. The Morgan fingerprint density at radius 3 is 1.80 bits per heavy atom. The maximum Gasteiger partial charge on any atom is 0.417 e. The van der Waals surface area contributed by atoms with Crippen LogP contribution in [-0.4, -0.2) is 86.9 Å². The van der Waals surface area contributed by atoms with Crippen molar-refractivity contribution in [2.45, 2.75) is 76.8 Å². The molecular formula is C30H34F3N5O13. The van der Waals surface area contributed by atoms with Crippen LogP contribution in [0.15, 0.2) is 33.5 Å². The first-order chi connectivity index (χ1) is 23.6. The molecule has 8 N–H and O–H groups in total. The van der Waals surface area contributed by atoms with Crippen molar-refractivity contribution in [1.82, 2.24) is 21.3 Å². The lowest BCUT2D eigenvalue weighted by Crippen LogP contribution is -2.59. The molecular weight excluding hydrogens is 695 g/mol. The van der Waals surface area contributed by atoms with Gasteiger partial charge in [0.15, 0.2) is 0 Å². The third-order valence-corrected chi connectivity index (χ3v) is 6.93. The fraction of sp³-hybridized carbons (Fsp3) is 0.433. The van der Waals surface area contributed by atoms with Crippen molar-refractivity contribution in [1.29, 1.82) is 0 Å². The van der Waals surface area contributed by atoms with Crippen LogP contribution in [0.2, 0.25) is 0 Å². The van der Waals surface area contributed by atoms with Crippen LogP contribution >= 0.6 is 0 Å². The number of alkyl halides is 3. The molecule has 0 saturated carbocycles. The molecule has 0 radical (unpaired) electrons. The molecule has 0 bridgehead atoms. The van der Waals surface area contributed by atoms with Gasteiger partial charge in [-0.1, -0.05) is 13.8 Å². The predicted octanol–water partition coefficient (Wildman–Crippen LogP) is 0.180. The minimum Gasteiger partial charge on any atom is -0.481 e. The van der Waals surface area contributed by atoms with E-state index in [4.69, 9.17) is 14.6 Å². The van der Waals surface area contributed by atoms with Crippen LogP contribution in [0.1, 0.15) is 52.0 Å². The average molecular weight is 730 g/mol. The Morgan fingerprint density at radius 2 is 1.29 bits per heavy atom. The Bertz CT molecular complexity index is 1740. The van der Waals surface area contributed by atoms with Crippen molar-refractivity contribution in [3.8, 4) is 0 Å². The van der Waals surface area contributed by atoms with Gasteiger partial charge in [0.25, 0.3) is 0 Å². The molecule has 1 aromatic heterocycles. The molecule has 5 amide bonds. The van der Waals surface area contributed by atoms with Gasteiger partial charge in [0.05, 0.1) is 18.4 Å². The van der Waals surface area contributed by atoms with Gasteiger partial charge in [0.2, 0.25) is 29.5 Å². The van der Waals surface area contributed by atoms with Crippen LogP contribution in [-0.2, 0) is 44.5 Å². The van der Waals surface area contributed by atoms with Crippen LogP contribution < -0.4 is 32.2 Å². The van der Waals surface area contributed by atoms with Crippen molar-refractivity contribution in [3.05, 3.63) is 40.2 Å². The largest absolute Gasteiger partial charge is 0.481 e. The number of carboxylic acids is 3. The van der Waals surface area contributed by atoms with E-state index in [-0.39, 0.29) is 11.8 Å². The lowest BCUT2D eigenvalue weighted by Gasteiger charge is -2.27. The van der Waals surface area contributed by atoms with Crippen LogP contribution in [0.5, 0.6) is 0 Å². The fourth-order valence-electron chi connectivity index (χ4n) is 4.58. The maximum atomic E-state index is 13.4. The lowest BCUT2D eigenvalue weighted by atomic mass is 10.0. The zero-order chi connectivity index (χ0) is 38.8. The number of nitrogens with one attached hydrogen (secondary N) is 5. The molecule has 0 fully saturated rings. The van der Waals surface area contributed by atoms with Gasteiger partial charge in [-0.25, -0.2) is 4.79 Å². The van der Waals surface area contributed by atoms with E-state index in [9.17, 15) is 61.4 Å². The molecule has 278 valence electrons. The Labute approximate surface area is 285 Å². The molecule has 18 nitrogen and oxygen atoms in total. The maximum absolute atomic E-state index is 13.4. The third-order valence-electron chi connectivity index (χ3n) is 6.93. The van der Waals surface area contributed by atoms with Crippen molar-refractivity contribution >= 4 is 64.1 Å². The number of anilines is 1. The number of rotatable bonds is 17. The minimum absolute atomic E-state index is 0.243. The number of carboxylic acid groups (broad SMARTS) is 3. The molecule has 2 aromatic rings. The summed E-state index contributed by atoms with van der Waals surface area (Å²) in [5.74, 6) is -10.6. The lowest BCUT2D eigenvalue weighted by molar-refractivity contribution is -0.142. The number of benzene rings is 1. The van der Waals surface area contributed by atoms with Crippen molar-refractivity contribution in [3.63, 3.8) is 0 Å². The number of aliphatic carboxylic acids is 3. The highest BCUT2D eigenvalue weighted by molar-refractivity contribution is 6.01. The quantitative estimate of drug-likeness (QED) is 0.101. The second-order valence-electron chi connectivity index (χ2n) is 11.4. The first kappa shape index (κ1) is 41.2. The van der Waals surface area contributed by atoms with Gasteiger partial charge in [0.1, 0.15) is 29.8 Å². The smallest absolute Gasteiger partial charge is 0.417 e. The van der Waals surface area contributed by atoms with Crippen LogP contribution in [0.25, 0.3) is 11.0 Å². The normalized spacial score (nSPS) is 13.6. The monoisotopic (exact) mass is 729 g/mol. The Hall–Kier alpha value is -6.02. The molecule has 1 heterocycles. The SMILES string of the molecule is CC(=O)N[C@H](CC(=O)O)C(=O)N[C@H](CCC(=O)O)C(=O)N[C@@H](C(=O)N[C@H](CC(=O)O)C(=O)Nc1ccc2c(C(F)(F)F)cc(=O)oc2c1)C(C)C. The summed E-state index contributed by atoms with van der Waals surface area (Å²) in [5.41, 5.74) is -3.45. The van der Waals surface area contributed by atoms with E-state index in [1.165, 1.54) is 13.8 Å². The highest BCUT2D eigenvalue weighted by atomic mass is 19.4. The zero-order valence-corrected chi connectivity index (χ0v) is 27.1. The fourth-order valence-corrected chi connectivity index (χ4v) is 4.58. The molecule has 0 saturated heterocycles. The molecule has 2 rings (SSSR count). The summed E-state index contributed by atoms with van der Waals surface area (Å²) in [5, 5.41) is 38.0. The number of amides is 5. The van der Waals surface area contributed by atoms with Crippen molar-refractivity contribution in [2.24, 2.45) is 5.92 Å². The van der Waals surface area contributed by atoms with Gasteiger partial charge in [0, 0.05) is 36.6 Å². The molecule has 4 atom stereocenters. The van der Waals surface area contributed by atoms with Gasteiger partial charge >= 0.3 is 29.7 Å². The second kappa shape index (κ2) is 17.6. The standard InChI is InChI=1S/C30H34F3N5O13/c1-12(2)25(38-26(47)17(6-7-21(40)41)36-28(49)18(10-22(42)43)34-13(3)39)29(50)37-19(11-23(44)45)27(48)35-14-4-5-15-16(30(31,32)33)9-24(46)51-20(15)8-14/h4-5,8-9,12,17-19,25H,6-7,10-11H2,1-3H3,(H,34,39)(H,35,48)(H,36,49)(H,37,50)(H,38,47)(H,40,41)(H,42,43)(H,44,45)/t17-,18-,19-,25-/m1/s1. The summed E-state index contributed by atoms with van der Waals surface area (Å²) in [4.78, 5) is 110. The summed E-state index contributed by atoms with van der Waals surface area (Å²) >= 11 is 0. The Balaban J connectivity index is 2.31. The first-order valence-corrected chi connectivity index (χ1v) is 14.9. The van der Waals surface area contributed by atoms with Gasteiger partial charge < -0.3 is 46.3 Å². The highest BCUT2D eigenvalue weighted by Crippen LogP contribution is 2.34. The topological polar surface area (TPSA) is 288 Å². The van der Waals surface area contributed by atoms with Crippen molar-refractivity contribution < 1.29 is 71.3 Å². The summed E-state index contributed by atoms with van der Waals surface area (Å²) in [6.45, 7) is 3.85. The van der Waals surface area contributed by atoms with E-state index in [1.54, 1.807) is 0 Å². The predicted molar refractivity (Wildman–Crippen MR) is 166 cm³/mol. The molecule has 1 aromatic carbocycles. The molecule has 21 heteroatoms. The summed E-state index contributed by atoms with van der Waals surface area (Å²) in [6, 6.07) is -3.73. The molecule has 0 aliphatic rings. The zero-order valence-electron chi connectivity index (χ0n) is 27.1.